The van der Waals surface area contributed by atoms with Crippen LogP contribution in [-0.4, -0.2) is 17.1 Å². The lowest BCUT2D eigenvalue weighted by atomic mass is 9.85. The zero-order chi connectivity index (χ0) is 13.8. The number of hydrogen-bond acceptors (Lipinski definition) is 4. The lowest BCUT2D eigenvalue weighted by Gasteiger charge is -2.31. The summed E-state index contributed by atoms with van der Waals surface area (Å²) in [6, 6.07) is 2.12. The molecule has 7 heteroatoms. The van der Waals surface area contributed by atoms with E-state index in [9.17, 15) is 13.2 Å². The van der Waals surface area contributed by atoms with Crippen LogP contribution >= 0.6 is 11.8 Å². The van der Waals surface area contributed by atoms with Crippen LogP contribution in [0.3, 0.4) is 0 Å². The molecule has 2 aliphatic rings. The summed E-state index contributed by atoms with van der Waals surface area (Å²) in [5.41, 5.74) is 9.67. The second-order valence-electron chi connectivity index (χ2n) is 4.87. The van der Waals surface area contributed by atoms with E-state index >= 15 is 0 Å². The number of amidine groups is 1. The Morgan fingerprint density at radius 1 is 1.37 bits per heavy atom. The summed E-state index contributed by atoms with van der Waals surface area (Å²) in [7, 11) is 0. The summed E-state index contributed by atoms with van der Waals surface area (Å²) in [5, 5.41) is 0.329. The molecule has 1 saturated carbocycles. The Morgan fingerprint density at radius 2 is 2.11 bits per heavy atom. The molecular weight excluding hydrogens is 275 g/mol. The number of halogens is 3. The van der Waals surface area contributed by atoms with Crippen molar-refractivity contribution in [2.75, 3.05) is 12.4 Å². The Labute approximate surface area is 112 Å². The first-order chi connectivity index (χ1) is 8.98. The quantitative estimate of drug-likeness (QED) is 0.819. The molecule has 0 bridgehead atoms. The van der Waals surface area contributed by atoms with Gasteiger partial charge in [-0.25, -0.2) is 18.2 Å². The number of rotatable bonds is 2. The molecule has 1 aromatic carbocycles. The minimum Gasteiger partial charge on any atom is -0.399 e. The summed E-state index contributed by atoms with van der Waals surface area (Å²) >= 11 is 1.36. The summed E-state index contributed by atoms with van der Waals surface area (Å²) in [5.74, 6) is -2.35. The summed E-state index contributed by atoms with van der Waals surface area (Å²) in [6.07, 6.45) is 0.689. The molecule has 0 saturated heterocycles. The van der Waals surface area contributed by atoms with E-state index in [4.69, 9.17) is 11.5 Å². The van der Waals surface area contributed by atoms with E-state index in [0.717, 1.165) is 6.07 Å². The average Bonchev–Trinajstić information content (AvgIpc) is 3.12. The molecule has 1 aliphatic carbocycles. The predicted octanol–water partition coefficient (Wildman–Crippen LogP) is 2.16. The van der Waals surface area contributed by atoms with Gasteiger partial charge in [-0.05, 0) is 18.6 Å². The van der Waals surface area contributed by atoms with Gasteiger partial charge in [0, 0.05) is 22.4 Å². The van der Waals surface area contributed by atoms with Gasteiger partial charge in [-0.3, -0.25) is 0 Å². The van der Waals surface area contributed by atoms with Crippen molar-refractivity contribution in [3.8, 4) is 0 Å². The van der Waals surface area contributed by atoms with Crippen molar-refractivity contribution >= 4 is 22.6 Å². The van der Waals surface area contributed by atoms with Gasteiger partial charge in [-0.15, -0.1) is 0 Å². The molecule has 1 aliphatic heterocycles. The number of nitrogens with zero attached hydrogens (tertiary/aromatic N) is 1. The highest BCUT2D eigenvalue weighted by Gasteiger charge is 2.58. The van der Waals surface area contributed by atoms with Crippen molar-refractivity contribution in [3.05, 3.63) is 29.3 Å². The number of fused-ring (bicyclic) bond motifs is 1. The Hall–Kier alpha value is -1.37. The molecule has 102 valence electrons. The van der Waals surface area contributed by atoms with Crippen LogP contribution in [0.25, 0.3) is 0 Å². The normalized spacial score (nSPS) is 32.7. The Balaban J connectivity index is 2.20. The third-order valence-electron chi connectivity index (χ3n) is 3.65. The van der Waals surface area contributed by atoms with Gasteiger partial charge in [-0.1, -0.05) is 11.8 Å². The Morgan fingerprint density at radius 3 is 2.79 bits per heavy atom. The molecule has 0 spiro atoms. The van der Waals surface area contributed by atoms with E-state index in [1.165, 1.54) is 17.8 Å². The second-order valence-corrected chi connectivity index (χ2v) is 6.13. The van der Waals surface area contributed by atoms with Crippen LogP contribution in [-0.2, 0) is 5.54 Å². The molecule has 0 aromatic heterocycles. The SMILES string of the molecule is NC1=N[C@](CF)(c2cc(N)cc(F)c2F)[C@@H]2CC2S1. The predicted molar refractivity (Wildman–Crippen MR) is 69.5 cm³/mol. The first-order valence-corrected chi connectivity index (χ1v) is 6.69. The molecule has 1 fully saturated rings. The van der Waals surface area contributed by atoms with E-state index < -0.39 is 23.8 Å². The number of alkyl halides is 1. The minimum atomic E-state index is -1.43. The van der Waals surface area contributed by atoms with E-state index in [0.29, 0.717) is 6.42 Å². The average molecular weight is 287 g/mol. The molecule has 3 rings (SSSR count). The smallest absolute Gasteiger partial charge is 0.164 e. The topological polar surface area (TPSA) is 64.4 Å². The van der Waals surface area contributed by atoms with Gasteiger partial charge in [0.05, 0.1) is 0 Å². The van der Waals surface area contributed by atoms with Crippen LogP contribution in [0.2, 0.25) is 0 Å². The standard InChI is InChI=1S/C12H12F3N3S/c13-4-12(6-3-9(6)19-11(17)18-12)7-1-5(16)2-8(14)10(7)15/h1-2,6,9H,3-4,16H2,(H2,17,18)/t6-,9?,12+/m1/s1. The zero-order valence-corrected chi connectivity index (χ0v) is 10.7. The van der Waals surface area contributed by atoms with Crippen LogP contribution in [0.5, 0.6) is 0 Å². The van der Waals surface area contributed by atoms with Gasteiger partial charge in [0.2, 0.25) is 0 Å². The molecule has 1 unspecified atom stereocenters. The van der Waals surface area contributed by atoms with Crippen molar-refractivity contribution in [1.29, 1.82) is 0 Å². The molecule has 1 heterocycles. The number of anilines is 1. The van der Waals surface area contributed by atoms with E-state index in [1.54, 1.807) is 0 Å². The minimum absolute atomic E-state index is 0.0472. The van der Waals surface area contributed by atoms with E-state index in [1.807, 2.05) is 0 Å². The number of benzene rings is 1. The van der Waals surface area contributed by atoms with Gasteiger partial charge in [0.25, 0.3) is 0 Å². The summed E-state index contributed by atoms with van der Waals surface area (Å²) < 4.78 is 41.1. The third kappa shape index (κ3) is 1.79. The fourth-order valence-corrected chi connectivity index (χ4v) is 3.87. The molecule has 1 aromatic rings. The van der Waals surface area contributed by atoms with Gasteiger partial charge in [0.1, 0.15) is 12.2 Å². The van der Waals surface area contributed by atoms with Gasteiger partial charge >= 0.3 is 0 Å². The first kappa shape index (κ1) is 12.7. The molecular formula is C12H12F3N3S. The molecule has 0 amide bonds. The van der Waals surface area contributed by atoms with Gasteiger partial charge in [-0.2, -0.15) is 0 Å². The third-order valence-corrected chi connectivity index (χ3v) is 4.80. The lowest BCUT2D eigenvalue weighted by Crippen LogP contribution is -2.37. The molecule has 3 atom stereocenters. The maximum Gasteiger partial charge on any atom is 0.164 e. The Kier molecular flexibility index (Phi) is 2.70. The van der Waals surface area contributed by atoms with E-state index in [-0.39, 0.29) is 27.6 Å². The van der Waals surface area contributed by atoms with Crippen molar-refractivity contribution < 1.29 is 13.2 Å². The summed E-state index contributed by atoms with van der Waals surface area (Å²) in [6.45, 7) is -0.921. The van der Waals surface area contributed by atoms with Crippen LogP contribution in [0, 0.1) is 17.6 Å². The lowest BCUT2D eigenvalue weighted by molar-refractivity contribution is 0.269. The monoisotopic (exact) mass is 287 g/mol. The molecule has 3 nitrogen and oxygen atoms in total. The summed E-state index contributed by atoms with van der Waals surface area (Å²) in [4.78, 5) is 4.09. The van der Waals surface area contributed by atoms with Crippen molar-refractivity contribution in [1.82, 2.24) is 0 Å². The number of nitrogens with two attached hydrogens (primary N) is 2. The fraction of sp³-hybridized carbons (Fsp3) is 0.417. The second kappa shape index (κ2) is 4.06. The molecule has 0 radical (unpaired) electrons. The first-order valence-electron chi connectivity index (χ1n) is 5.81. The van der Waals surface area contributed by atoms with Crippen LogP contribution < -0.4 is 11.5 Å². The number of thioether (sulfide) groups is 1. The van der Waals surface area contributed by atoms with Crippen LogP contribution in [0.15, 0.2) is 17.1 Å². The highest BCUT2D eigenvalue weighted by atomic mass is 32.2. The molecule has 19 heavy (non-hydrogen) atoms. The van der Waals surface area contributed by atoms with Crippen LogP contribution in [0.1, 0.15) is 12.0 Å². The van der Waals surface area contributed by atoms with Crippen LogP contribution in [0.4, 0.5) is 18.9 Å². The maximum atomic E-state index is 14.0. The van der Waals surface area contributed by atoms with E-state index in [2.05, 4.69) is 4.99 Å². The number of hydrogen-bond donors (Lipinski definition) is 2. The van der Waals surface area contributed by atoms with Crippen molar-refractivity contribution in [3.63, 3.8) is 0 Å². The van der Waals surface area contributed by atoms with Gasteiger partial charge < -0.3 is 11.5 Å². The maximum absolute atomic E-state index is 14.0. The highest BCUT2D eigenvalue weighted by molar-refractivity contribution is 8.14. The molecule has 4 N–H and O–H groups in total. The Bertz CT molecular complexity index is 578. The number of nitrogen functional groups attached to an aromatic ring is 1. The van der Waals surface area contributed by atoms with Gasteiger partial charge in [0.15, 0.2) is 16.8 Å². The largest absolute Gasteiger partial charge is 0.399 e. The highest BCUT2D eigenvalue weighted by Crippen LogP contribution is 2.58. The zero-order valence-electron chi connectivity index (χ0n) is 9.87. The van der Waals surface area contributed by atoms with Crippen molar-refractivity contribution in [2.45, 2.75) is 17.2 Å². The van der Waals surface area contributed by atoms with Crippen molar-refractivity contribution in [2.24, 2.45) is 16.6 Å². The fourth-order valence-electron chi connectivity index (χ4n) is 2.65. The number of aliphatic imine (C=N–C) groups is 1.